The summed E-state index contributed by atoms with van der Waals surface area (Å²) in [7, 11) is 0. The third-order valence-electron chi connectivity index (χ3n) is 1.12. The summed E-state index contributed by atoms with van der Waals surface area (Å²) in [5.74, 6) is -0.631. The molecular weight excluding hydrogens is 391 g/mol. The van der Waals surface area contributed by atoms with Gasteiger partial charge < -0.3 is 4.74 Å². The predicted molar refractivity (Wildman–Crippen MR) is 53.8 cm³/mol. The molecule has 11 heavy (non-hydrogen) atoms. The summed E-state index contributed by atoms with van der Waals surface area (Å²) >= 11 is 20.6. The maximum atomic E-state index is 10.7. The van der Waals surface area contributed by atoms with Crippen LogP contribution in [0.2, 0.25) is 0 Å². The highest BCUT2D eigenvalue weighted by molar-refractivity contribution is 9.39. The zero-order valence-corrected chi connectivity index (χ0v) is 11.1. The van der Waals surface area contributed by atoms with E-state index in [4.69, 9.17) is 23.2 Å². The minimum absolute atomic E-state index is 0.631. The van der Waals surface area contributed by atoms with Gasteiger partial charge in [0, 0.05) is 0 Å². The lowest BCUT2D eigenvalue weighted by Crippen LogP contribution is -2.60. The zero-order chi connectivity index (χ0) is 8.86. The number of hydrogen-bond donors (Lipinski definition) is 0. The van der Waals surface area contributed by atoms with Gasteiger partial charge in [0.2, 0.25) is 0 Å². The number of alkyl halides is 5. The minimum Gasteiger partial charge on any atom is -0.453 e. The third kappa shape index (κ3) is 1.88. The molecule has 0 aromatic rings. The number of carbonyl (C=O) groups excluding carboxylic acids is 1. The highest BCUT2D eigenvalue weighted by Crippen LogP contribution is 2.52. The first-order valence-corrected chi connectivity index (χ1v) is 5.55. The second kappa shape index (κ2) is 3.01. The van der Waals surface area contributed by atoms with Crippen LogP contribution in [0.3, 0.4) is 0 Å². The summed E-state index contributed by atoms with van der Waals surface area (Å²) in [5.41, 5.74) is 0. The van der Waals surface area contributed by atoms with Gasteiger partial charge in [-0.2, -0.15) is 0 Å². The van der Waals surface area contributed by atoms with E-state index in [1.165, 1.54) is 0 Å². The van der Waals surface area contributed by atoms with Gasteiger partial charge in [-0.15, -0.1) is 0 Å². The van der Waals surface area contributed by atoms with Gasteiger partial charge in [-0.1, -0.05) is 71.0 Å². The molecule has 0 radical (unpaired) electrons. The molecule has 0 bridgehead atoms. The Hall–Kier alpha value is 1.49. The van der Waals surface area contributed by atoms with E-state index in [0.717, 1.165) is 0 Å². The lowest BCUT2D eigenvalue weighted by Gasteiger charge is -2.41. The van der Waals surface area contributed by atoms with Crippen molar-refractivity contribution >= 4 is 77.0 Å². The second-order valence-corrected chi connectivity index (χ2v) is 10.3. The Labute approximate surface area is 98.3 Å². The van der Waals surface area contributed by atoms with Crippen molar-refractivity contribution in [1.29, 1.82) is 0 Å². The molecule has 0 N–H and O–H groups in total. The molecule has 64 valence electrons. The molecule has 1 rings (SSSR count). The van der Waals surface area contributed by atoms with Crippen LogP contribution in [0.5, 0.6) is 0 Å². The van der Waals surface area contributed by atoms with E-state index >= 15 is 0 Å². The van der Waals surface area contributed by atoms with Crippen molar-refractivity contribution in [2.24, 2.45) is 0 Å². The Morgan fingerprint density at radius 3 is 2.00 bits per heavy atom. The van der Waals surface area contributed by atoms with Crippen molar-refractivity contribution in [3.63, 3.8) is 0 Å². The first kappa shape index (κ1) is 10.6. The molecule has 0 aliphatic carbocycles. The summed E-state index contributed by atoms with van der Waals surface area (Å²) in [6.07, 6.45) is -0.647. The third-order valence-corrected chi connectivity index (χ3v) is 3.08. The van der Waals surface area contributed by atoms with Crippen molar-refractivity contribution in [2.45, 2.75) is 12.6 Å². The molecule has 1 saturated heterocycles. The molecule has 0 spiro atoms. The summed E-state index contributed by atoms with van der Waals surface area (Å²) in [6.45, 7) is 0. The summed E-state index contributed by atoms with van der Waals surface area (Å²) in [4.78, 5) is 10.7. The Morgan fingerprint density at radius 1 is 1.45 bits per heavy atom. The monoisotopic (exact) mass is 388 g/mol. The molecule has 0 saturated carbocycles. The molecule has 1 aliphatic heterocycles. The maximum absolute atomic E-state index is 10.7. The molecule has 1 atom stereocenters. The molecule has 1 heterocycles. The van der Waals surface area contributed by atoms with Gasteiger partial charge in [0.25, 0.3) is 4.33 Å². The number of ether oxygens (including phenoxy) is 1. The maximum Gasteiger partial charge on any atom is 0.347 e. The van der Waals surface area contributed by atoms with E-state index in [2.05, 4.69) is 52.5 Å². The molecule has 1 aliphatic rings. The number of carbonyl (C=O) groups is 1. The van der Waals surface area contributed by atoms with Crippen LogP contribution in [-0.4, -0.2) is 18.5 Å². The highest BCUT2D eigenvalue weighted by Gasteiger charge is 2.63. The van der Waals surface area contributed by atoms with Crippen molar-refractivity contribution in [1.82, 2.24) is 0 Å². The molecule has 0 amide bonds. The lowest BCUT2D eigenvalue weighted by atomic mass is 10.2. The second-order valence-electron chi connectivity index (χ2n) is 1.95. The molecule has 0 aromatic carbocycles. The van der Waals surface area contributed by atoms with Crippen LogP contribution in [0.15, 0.2) is 0 Å². The normalized spacial score (nSPS) is 29.2. The molecule has 1 unspecified atom stereocenters. The van der Waals surface area contributed by atoms with Gasteiger partial charge in [-0.05, 0) is 0 Å². The fourth-order valence-corrected chi connectivity index (χ4v) is 3.19. The number of esters is 1. The summed E-state index contributed by atoms with van der Waals surface area (Å²) in [5, 5.41) is 0. The van der Waals surface area contributed by atoms with E-state index in [-0.39, 0.29) is 0 Å². The Morgan fingerprint density at radius 2 is 1.91 bits per heavy atom. The van der Waals surface area contributed by atoms with Gasteiger partial charge in [-0.25, -0.2) is 4.79 Å². The molecule has 0 aromatic heterocycles. The van der Waals surface area contributed by atoms with Gasteiger partial charge in [0.15, 0.2) is 8.25 Å². The fraction of sp³-hybridized carbons (Fsp3) is 0.750. The lowest BCUT2D eigenvalue weighted by molar-refractivity contribution is -0.170. The first-order valence-electron chi connectivity index (χ1n) is 2.42. The number of rotatable bonds is 0. The highest BCUT2D eigenvalue weighted by atomic mass is 80.0. The van der Waals surface area contributed by atoms with Crippen LogP contribution < -0.4 is 0 Å². The number of cyclic esters (lactones) is 1. The fourth-order valence-electron chi connectivity index (χ4n) is 0.581. The van der Waals surface area contributed by atoms with Crippen LogP contribution in [0, 0.1) is 0 Å². The largest absolute Gasteiger partial charge is 0.453 e. The predicted octanol–water partition coefficient (Wildman–Crippen LogP) is 2.92. The van der Waals surface area contributed by atoms with E-state index < -0.39 is 18.5 Å². The van der Waals surface area contributed by atoms with Gasteiger partial charge in [-0.3, -0.25) is 0 Å². The van der Waals surface area contributed by atoms with Gasteiger partial charge in [0.1, 0.15) is 0 Å². The van der Waals surface area contributed by atoms with Crippen LogP contribution in [0.1, 0.15) is 0 Å². The Bertz CT molecular complexity index is 200. The van der Waals surface area contributed by atoms with Crippen LogP contribution in [-0.2, 0) is 9.53 Å². The average Bonchev–Trinajstić information content (AvgIpc) is 1.80. The first-order chi connectivity index (χ1) is 4.76. The van der Waals surface area contributed by atoms with Crippen molar-refractivity contribution in [3.8, 4) is 0 Å². The van der Waals surface area contributed by atoms with Gasteiger partial charge in [0.05, 0.1) is 0 Å². The smallest absolute Gasteiger partial charge is 0.347 e. The van der Waals surface area contributed by atoms with Crippen LogP contribution in [0.25, 0.3) is 0 Å². The van der Waals surface area contributed by atoms with Crippen LogP contribution in [0.4, 0.5) is 0 Å². The Kier molecular flexibility index (Phi) is 2.89. The van der Waals surface area contributed by atoms with Gasteiger partial charge >= 0.3 is 5.97 Å². The SMILES string of the molecule is O=C1OC(C(Br)(Br)Br)C1(Cl)Cl. The number of halogens is 5. The number of hydrogen-bond acceptors (Lipinski definition) is 2. The van der Waals surface area contributed by atoms with Crippen molar-refractivity contribution in [2.75, 3.05) is 0 Å². The van der Waals surface area contributed by atoms with Crippen molar-refractivity contribution in [3.05, 3.63) is 0 Å². The zero-order valence-electron chi connectivity index (χ0n) is 4.78. The van der Waals surface area contributed by atoms with E-state index in [1.54, 1.807) is 0 Å². The average molecular weight is 392 g/mol. The molecular formula is C4HBr3Cl2O2. The molecule has 1 fully saturated rings. The van der Waals surface area contributed by atoms with E-state index in [9.17, 15) is 4.79 Å². The molecule has 2 nitrogen and oxygen atoms in total. The van der Waals surface area contributed by atoms with Crippen molar-refractivity contribution < 1.29 is 9.53 Å². The minimum atomic E-state index is -1.48. The standard InChI is InChI=1S/C4HBr3Cl2O2/c5-4(6,7)1-3(8,9)2(10)11-1/h1H. The molecule has 7 heteroatoms. The summed E-state index contributed by atoms with van der Waals surface area (Å²) in [6, 6.07) is 0. The van der Waals surface area contributed by atoms with E-state index in [1.807, 2.05) is 0 Å². The van der Waals surface area contributed by atoms with Crippen LogP contribution >= 0.6 is 71.0 Å². The summed E-state index contributed by atoms with van der Waals surface area (Å²) < 4.78 is 2.44. The quantitative estimate of drug-likeness (QED) is 0.469. The van der Waals surface area contributed by atoms with E-state index in [0.29, 0.717) is 0 Å². The topological polar surface area (TPSA) is 26.3 Å². The Balaban J connectivity index is 2.75.